The first-order valence-corrected chi connectivity index (χ1v) is 6.63. The van der Waals surface area contributed by atoms with Crippen molar-refractivity contribution in [3.63, 3.8) is 0 Å². The largest absolute Gasteiger partial charge is 0.398 e. The van der Waals surface area contributed by atoms with Crippen LogP contribution in [0.25, 0.3) is 0 Å². The molecule has 4 nitrogen and oxygen atoms in total. The molecular formula is C12H16N2O2S. The Bertz CT molecular complexity index is 557. The van der Waals surface area contributed by atoms with Crippen molar-refractivity contribution in [2.24, 2.45) is 0 Å². The van der Waals surface area contributed by atoms with Crippen LogP contribution in [0, 0.1) is 25.7 Å². The quantitative estimate of drug-likeness (QED) is 0.627. The van der Waals surface area contributed by atoms with Gasteiger partial charge in [0.05, 0.1) is 11.4 Å². The maximum absolute atomic E-state index is 11.9. The minimum Gasteiger partial charge on any atom is -0.398 e. The lowest BCUT2D eigenvalue weighted by Gasteiger charge is -2.09. The number of benzene rings is 1. The number of anilines is 1. The molecule has 1 aromatic rings. The van der Waals surface area contributed by atoms with Gasteiger partial charge in [-0.15, -0.1) is 5.92 Å². The van der Waals surface area contributed by atoms with Gasteiger partial charge >= 0.3 is 0 Å². The van der Waals surface area contributed by atoms with Crippen LogP contribution >= 0.6 is 0 Å². The molecule has 0 fully saturated rings. The number of nitrogens with one attached hydrogen (secondary N) is 1. The average Bonchev–Trinajstić information content (AvgIpc) is 2.25. The third kappa shape index (κ3) is 3.22. The molecule has 0 aliphatic carbocycles. The van der Waals surface area contributed by atoms with E-state index >= 15 is 0 Å². The summed E-state index contributed by atoms with van der Waals surface area (Å²) >= 11 is 0. The van der Waals surface area contributed by atoms with Gasteiger partial charge in [-0.2, -0.15) is 4.72 Å². The Labute approximate surface area is 102 Å². The second kappa shape index (κ2) is 5.21. The number of nitrogens with two attached hydrogens (primary N) is 1. The molecule has 1 aromatic carbocycles. The summed E-state index contributed by atoms with van der Waals surface area (Å²) in [5.74, 6) is 5.27. The second-order valence-electron chi connectivity index (χ2n) is 3.71. The Morgan fingerprint density at radius 2 is 2.00 bits per heavy atom. The molecule has 0 bridgehead atoms. The van der Waals surface area contributed by atoms with Gasteiger partial charge in [-0.05, 0) is 44.0 Å². The van der Waals surface area contributed by atoms with E-state index in [0.717, 1.165) is 11.1 Å². The summed E-state index contributed by atoms with van der Waals surface area (Å²) in [6.07, 6.45) is 0. The number of hydrogen-bond donors (Lipinski definition) is 2. The molecule has 0 heterocycles. The van der Waals surface area contributed by atoms with Crippen LogP contribution in [0.5, 0.6) is 0 Å². The zero-order chi connectivity index (χ0) is 13.1. The molecule has 1 rings (SSSR count). The van der Waals surface area contributed by atoms with Crippen LogP contribution in [0.2, 0.25) is 0 Å². The molecule has 0 aromatic heterocycles. The van der Waals surface area contributed by atoms with E-state index in [1.54, 1.807) is 13.0 Å². The summed E-state index contributed by atoms with van der Waals surface area (Å²) in [5, 5.41) is 0. The van der Waals surface area contributed by atoms with Crippen LogP contribution in [-0.2, 0) is 10.0 Å². The van der Waals surface area contributed by atoms with Gasteiger partial charge in [-0.3, -0.25) is 0 Å². The normalized spacial score (nSPS) is 10.8. The van der Waals surface area contributed by atoms with Crippen LogP contribution in [0.3, 0.4) is 0 Å². The SMILES string of the molecule is CC#CCNS(=O)(=O)c1cc(C)c(C)c(N)c1. The van der Waals surface area contributed by atoms with E-state index < -0.39 is 10.0 Å². The Kier molecular flexibility index (Phi) is 4.16. The van der Waals surface area contributed by atoms with Crippen molar-refractivity contribution < 1.29 is 8.42 Å². The van der Waals surface area contributed by atoms with Gasteiger partial charge in [-0.25, -0.2) is 8.42 Å². The van der Waals surface area contributed by atoms with E-state index in [-0.39, 0.29) is 11.4 Å². The summed E-state index contributed by atoms with van der Waals surface area (Å²) in [6, 6.07) is 3.07. The number of nitrogen functional groups attached to an aromatic ring is 1. The summed E-state index contributed by atoms with van der Waals surface area (Å²) in [7, 11) is -3.53. The molecule has 3 N–H and O–H groups in total. The Morgan fingerprint density at radius 1 is 1.35 bits per heavy atom. The van der Waals surface area contributed by atoms with E-state index in [9.17, 15) is 8.42 Å². The first kappa shape index (κ1) is 13.6. The smallest absolute Gasteiger partial charge is 0.241 e. The van der Waals surface area contributed by atoms with Crippen LogP contribution in [-0.4, -0.2) is 15.0 Å². The highest BCUT2D eigenvalue weighted by Crippen LogP contribution is 2.21. The molecule has 0 spiro atoms. The number of rotatable bonds is 3. The third-order valence-electron chi connectivity index (χ3n) is 2.52. The Balaban J connectivity index is 3.10. The lowest BCUT2D eigenvalue weighted by Crippen LogP contribution is -2.24. The van der Waals surface area contributed by atoms with Crippen LogP contribution in [0.15, 0.2) is 17.0 Å². The van der Waals surface area contributed by atoms with E-state index in [1.807, 2.05) is 13.8 Å². The van der Waals surface area contributed by atoms with Crippen molar-refractivity contribution in [3.8, 4) is 11.8 Å². The van der Waals surface area contributed by atoms with Crippen molar-refractivity contribution in [1.82, 2.24) is 4.72 Å². The van der Waals surface area contributed by atoms with Crippen LogP contribution in [0.1, 0.15) is 18.1 Å². The topological polar surface area (TPSA) is 72.2 Å². The van der Waals surface area contributed by atoms with Gasteiger partial charge < -0.3 is 5.73 Å². The zero-order valence-electron chi connectivity index (χ0n) is 10.2. The zero-order valence-corrected chi connectivity index (χ0v) is 11.0. The molecular weight excluding hydrogens is 236 g/mol. The lowest BCUT2D eigenvalue weighted by molar-refractivity contribution is 0.586. The van der Waals surface area contributed by atoms with E-state index in [0.29, 0.717) is 5.69 Å². The van der Waals surface area contributed by atoms with Crippen molar-refractivity contribution in [2.45, 2.75) is 25.7 Å². The highest BCUT2D eigenvalue weighted by atomic mass is 32.2. The minimum absolute atomic E-state index is 0.103. The highest BCUT2D eigenvalue weighted by molar-refractivity contribution is 7.89. The summed E-state index contributed by atoms with van der Waals surface area (Å²) in [5.41, 5.74) is 7.99. The molecule has 17 heavy (non-hydrogen) atoms. The number of sulfonamides is 1. The molecule has 0 unspecified atom stereocenters. The summed E-state index contributed by atoms with van der Waals surface area (Å²) in [6.45, 7) is 5.45. The predicted molar refractivity (Wildman–Crippen MR) is 69.0 cm³/mol. The molecule has 0 atom stereocenters. The highest BCUT2D eigenvalue weighted by Gasteiger charge is 2.15. The molecule has 92 valence electrons. The van der Waals surface area contributed by atoms with E-state index in [2.05, 4.69) is 16.6 Å². The molecule has 0 radical (unpaired) electrons. The average molecular weight is 252 g/mol. The molecule has 5 heteroatoms. The minimum atomic E-state index is -3.53. The molecule has 0 amide bonds. The number of hydrogen-bond acceptors (Lipinski definition) is 3. The van der Waals surface area contributed by atoms with Gasteiger partial charge in [0.25, 0.3) is 0 Å². The molecule has 0 saturated carbocycles. The molecule has 0 aliphatic heterocycles. The van der Waals surface area contributed by atoms with Crippen LogP contribution < -0.4 is 10.5 Å². The summed E-state index contributed by atoms with van der Waals surface area (Å²) < 4.78 is 26.2. The van der Waals surface area contributed by atoms with Gasteiger partial charge in [0.2, 0.25) is 10.0 Å². The first-order valence-electron chi connectivity index (χ1n) is 5.14. The summed E-state index contributed by atoms with van der Waals surface area (Å²) in [4.78, 5) is 0.177. The third-order valence-corrected chi connectivity index (χ3v) is 3.90. The standard InChI is InChI=1S/C12H16N2O2S/c1-4-5-6-14-17(15,16)11-7-9(2)10(3)12(13)8-11/h7-8,14H,6,13H2,1-3H3. The fourth-order valence-corrected chi connectivity index (χ4v) is 2.35. The van der Waals surface area contributed by atoms with Crippen molar-refractivity contribution >= 4 is 15.7 Å². The van der Waals surface area contributed by atoms with Crippen LogP contribution in [0.4, 0.5) is 5.69 Å². The van der Waals surface area contributed by atoms with Gasteiger partial charge in [0.1, 0.15) is 0 Å². The lowest BCUT2D eigenvalue weighted by atomic mass is 10.1. The van der Waals surface area contributed by atoms with Gasteiger partial charge in [0.15, 0.2) is 0 Å². The van der Waals surface area contributed by atoms with E-state index in [1.165, 1.54) is 6.07 Å². The second-order valence-corrected chi connectivity index (χ2v) is 5.47. The first-order chi connectivity index (χ1) is 7.88. The van der Waals surface area contributed by atoms with Crippen molar-refractivity contribution in [3.05, 3.63) is 23.3 Å². The fraction of sp³-hybridized carbons (Fsp3) is 0.333. The molecule has 0 aliphatic rings. The fourth-order valence-electron chi connectivity index (χ4n) is 1.31. The van der Waals surface area contributed by atoms with E-state index in [4.69, 9.17) is 5.73 Å². The monoisotopic (exact) mass is 252 g/mol. The maximum Gasteiger partial charge on any atom is 0.241 e. The Hall–Kier alpha value is -1.51. The Morgan fingerprint density at radius 3 is 2.53 bits per heavy atom. The van der Waals surface area contributed by atoms with Crippen molar-refractivity contribution in [2.75, 3.05) is 12.3 Å². The molecule has 0 saturated heterocycles. The van der Waals surface area contributed by atoms with Gasteiger partial charge in [0, 0.05) is 5.69 Å². The van der Waals surface area contributed by atoms with Gasteiger partial charge in [-0.1, -0.05) is 5.92 Å². The maximum atomic E-state index is 11.9. The van der Waals surface area contributed by atoms with Crippen molar-refractivity contribution in [1.29, 1.82) is 0 Å². The predicted octanol–water partition coefficient (Wildman–Crippen LogP) is 1.19. The number of aryl methyl sites for hydroxylation is 1.